The second-order valence-corrected chi connectivity index (χ2v) is 8.67. The van der Waals surface area contributed by atoms with Crippen molar-refractivity contribution in [2.45, 2.75) is 0 Å². The Morgan fingerprint density at radius 2 is 1.66 bits per heavy atom. The highest BCUT2D eigenvalue weighted by Gasteiger charge is 2.20. The van der Waals surface area contributed by atoms with Gasteiger partial charge in [-0.3, -0.25) is 13.3 Å². The van der Waals surface area contributed by atoms with Gasteiger partial charge in [0.1, 0.15) is 5.82 Å². The molecule has 1 amide bonds. The maximum absolute atomic E-state index is 13.8. The molecule has 0 aliphatic heterocycles. The smallest absolute Gasteiger partial charge is 0.238 e. The van der Waals surface area contributed by atoms with Crippen molar-refractivity contribution in [1.29, 1.82) is 0 Å². The molecule has 1 aromatic heterocycles. The predicted molar refractivity (Wildman–Crippen MR) is 134 cm³/mol. The lowest BCUT2D eigenvalue weighted by Crippen LogP contribution is -2.27. The first-order chi connectivity index (χ1) is 16.8. The zero-order valence-corrected chi connectivity index (χ0v) is 19.8. The molecule has 9 nitrogen and oxygen atoms in total. The topological polar surface area (TPSA) is 114 Å². The number of carbonyl (C=O) groups is 1. The highest BCUT2D eigenvalue weighted by atomic mass is 32.2. The number of rotatable bonds is 8. The van der Waals surface area contributed by atoms with E-state index < -0.39 is 17.1 Å². The molecule has 1 atom stereocenters. The lowest BCUT2D eigenvalue weighted by atomic mass is 10.2. The molecule has 0 aliphatic carbocycles. The number of hydrogen-bond acceptors (Lipinski definition) is 7. The van der Waals surface area contributed by atoms with Gasteiger partial charge < -0.3 is 20.1 Å². The van der Waals surface area contributed by atoms with Crippen LogP contribution in [0.1, 0.15) is 0 Å². The van der Waals surface area contributed by atoms with E-state index in [4.69, 9.17) is 0 Å². The van der Waals surface area contributed by atoms with Crippen LogP contribution in [0, 0.1) is 5.82 Å². The van der Waals surface area contributed by atoms with Crippen molar-refractivity contribution in [3.8, 4) is 0 Å². The van der Waals surface area contributed by atoms with E-state index in [0.717, 1.165) is 4.31 Å². The molecule has 3 aromatic carbocycles. The van der Waals surface area contributed by atoms with Crippen molar-refractivity contribution >= 4 is 56.9 Å². The first-order valence-corrected chi connectivity index (χ1v) is 11.6. The highest BCUT2D eigenvalue weighted by molar-refractivity contribution is 7.81. The van der Waals surface area contributed by atoms with Crippen LogP contribution in [0.2, 0.25) is 0 Å². The average Bonchev–Trinajstić information content (AvgIpc) is 2.79. The van der Waals surface area contributed by atoms with Gasteiger partial charge in [0.05, 0.1) is 34.5 Å². The first-order valence-electron chi connectivity index (χ1n) is 10.5. The predicted octanol–water partition coefficient (Wildman–Crippen LogP) is 3.94. The van der Waals surface area contributed by atoms with E-state index in [1.54, 1.807) is 67.5 Å². The molecule has 4 aromatic rings. The molecule has 4 rings (SSSR count). The molecule has 0 fully saturated rings. The van der Waals surface area contributed by atoms with Crippen LogP contribution in [0.5, 0.6) is 0 Å². The van der Waals surface area contributed by atoms with Crippen molar-refractivity contribution < 1.29 is 17.9 Å². The average molecular weight is 494 g/mol. The van der Waals surface area contributed by atoms with Gasteiger partial charge >= 0.3 is 0 Å². The zero-order valence-electron chi connectivity index (χ0n) is 18.9. The lowest BCUT2D eigenvalue weighted by Gasteiger charge is -2.27. The molecule has 0 radical (unpaired) electrons. The number of carbonyl (C=O) groups excluding carboxylic acids is 1. The number of nitrogens with one attached hydrogen (secondary N) is 2. The number of anilines is 5. The Morgan fingerprint density at radius 1 is 0.971 bits per heavy atom. The zero-order chi connectivity index (χ0) is 24.9. The second kappa shape index (κ2) is 10.6. The Kier molecular flexibility index (Phi) is 7.30. The van der Waals surface area contributed by atoms with E-state index in [1.807, 2.05) is 0 Å². The SMILES string of the molecule is CN(C)CC(=O)Nc1cccc(N(c2nc3ccccc3nc2Nc2cccc(F)c2)S(=O)[O-])c1. The fourth-order valence-corrected chi connectivity index (χ4v) is 3.95. The number of aromatic nitrogens is 2. The van der Waals surface area contributed by atoms with Gasteiger partial charge in [0.2, 0.25) is 5.91 Å². The largest absolute Gasteiger partial charge is 0.755 e. The molecule has 180 valence electrons. The Balaban J connectivity index is 1.79. The summed E-state index contributed by atoms with van der Waals surface area (Å²) in [6, 6.07) is 19.1. The molecule has 0 saturated heterocycles. The number of halogens is 1. The fraction of sp³-hybridized carbons (Fsp3) is 0.125. The van der Waals surface area contributed by atoms with Gasteiger partial charge in [0, 0.05) is 11.4 Å². The normalized spacial score (nSPS) is 11.9. The van der Waals surface area contributed by atoms with Crippen molar-refractivity contribution in [3.63, 3.8) is 0 Å². The number of fused-ring (bicyclic) bond motifs is 1. The second-order valence-electron chi connectivity index (χ2n) is 7.87. The summed E-state index contributed by atoms with van der Waals surface area (Å²) < 4.78 is 39.6. The highest BCUT2D eigenvalue weighted by Crippen LogP contribution is 2.34. The van der Waals surface area contributed by atoms with Crippen molar-refractivity contribution in [2.24, 2.45) is 0 Å². The molecule has 0 bridgehead atoms. The minimum Gasteiger partial charge on any atom is -0.755 e. The number of likely N-dealkylation sites (N-methyl/N-ethyl adjacent to an activating group) is 1. The molecule has 0 spiro atoms. The van der Waals surface area contributed by atoms with E-state index in [9.17, 15) is 17.9 Å². The van der Waals surface area contributed by atoms with Gasteiger partial charge in [-0.1, -0.05) is 24.3 Å². The van der Waals surface area contributed by atoms with E-state index in [2.05, 4.69) is 20.6 Å². The lowest BCUT2D eigenvalue weighted by molar-refractivity contribution is -0.116. The molecule has 0 aliphatic rings. The number of para-hydroxylation sites is 2. The molecule has 2 N–H and O–H groups in total. The molecule has 0 saturated carbocycles. The summed E-state index contributed by atoms with van der Waals surface area (Å²) in [6.07, 6.45) is 0. The number of benzene rings is 3. The van der Waals surface area contributed by atoms with Crippen LogP contribution in [0.4, 0.5) is 33.1 Å². The Bertz CT molecular complexity index is 1400. The number of hydrogen-bond donors (Lipinski definition) is 2. The summed E-state index contributed by atoms with van der Waals surface area (Å²) in [7, 11) is 3.54. The van der Waals surface area contributed by atoms with Gasteiger partial charge in [-0.2, -0.15) is 0 Å². The summed E-state index contributed by atoms with van der Waals surface area (Å²) in [5.41, 5.74) is 2.01. The third kappa shape index (κ3) is 5.96. The molecule has 1 unspecified atom stereocenters. The molecule has 35 heavy (non-hydrogen) atoms. The molecule has 11 heteroatoms. The van der Waals surface area contributed by atoms with Gasteiger partial charge in [0.15, 0.2) is 11.6 Å². The van der Waals surface area contributed by atoms with Gasteiger partial charge in [0.25, 0.3) is 0 Å². The van der Waals surface area contributed by atoms with Crippen LogP contribution in [-0.4, -0.2) is 50.2 Å². The summed E-state index contributed by atoms with van der Waals surface area (Å²) in [5.74, 6) is -0.616. The first kappa shape index (κ1) is 24.2. The maximum Gasteiger partial charge on any atom is 0.238 e. The van der Waals surface area contributed by atoms with Crippen LogP contribution in [-0.2, 0) is 16.1 Å². The summed E-state index contributed by atoms with van der Waals surface area (Å²) in [4.78, 5) is 23.0. The van der Waals surface area contributed by atoms with E-state index in [-0.39, 0.29) is 29.8 Å². The van der Waals surface area contributed by atoms with Crippen LogP contribution < -0.4 is 14.9 Å². The minimum absolute atomic E-state index is 0.0157. The van der Waals surface area contributed by atoms with Crippen molar-refractivity contribution in [1.82, 2.24) is 14.9 Å². The summed E-state index contributed by atoms with van der Waals surface area (Å²) in [6.45, 7) is 0.166. The molecular weight excluding hydrogens is 471 g/mol. The molecular formula is C24H22FN6O3S-. The van der Waals surface area contributed by atoms with Crippen molar-refractivity contribution in [3.05, 3.63) is 78.6 Å². The van der Waals surface area contributed by atoms with Crippen LogP contribution in [0.15, 0.2) is 72.8 Å². The van der Waals surface area contributed by atoms with Crippen LogP contribution in [0.3, 0.4) is 0 Å². The maximum atomic E-state index is 13.8. The Hall–Kier alpha value is -3.93. The molecule has 1 heterocycles. The summed E-state index contributed by atoms with van der Waals surface area (Å²) >= 11 is -2.81. The standard InChI is InChI=1S/C24H23FN6O3S/c1-30(2)15-22(32)26-18-9-6-10-19(14-18)31(35(33)34)24-23(27-17-8-5-7-16(25)13-17)28-20-11-3-4-12-21(20)29-24/h3-14H,15H2,1-2H3,(H,26,32)(H,27,28)(H,33,34)/p-1. The Morgan fingerprint density at radius 3 is 2.34 bits per heavy atom. The monoisotopic (exact) mass is 493 g/mol. The van der Waals surface area contributed by atoms with Gasteiger partial charge in [-0.15, -0.1) is 0 Å². The van der Waals surface area contributed by atoms with Gasteiger partial charge in [-0.25, -0.2) is 14.4 Å². The van der Waals surface area contributed by atoms with E-state index in [0.29, 0.717) is 22.4 Å². The summed E-state index contributed by atoms with van der Waals surface area (Å²) in [5, 5.41) is 5.72. The number of amides is 1. The third-order valence-electron chi connectivity index (χ3n) is 4.81. The van der Waals surface area contributed by atoms with Crippen molar-refractivity contribution in [2.75, 3.05) is 35.6 Å². The number of nitrogens with zero attached hydrogens (tertiary/aromatic N) is 4. The van der Waals surface area contributed by atoms with Crippen LogP contribution in [0.25, 0.3) is 11.0 Å². The fourth-order valence-electron chi connectivity index (χ4n) is 3.40. The van der Waals surface area contributed by atoms with E-state index >= 15 is 0 Å². The van der Waals surface area contributed by atoms with E-state index in [1.165, 1.54) is 24.3 Å². The van der Waals surface area contributed by atoms with Gasteiger partial charge in [-0.05, 0) is 62.6 Å². The third-order valence-corrected chi connectivity index (χ3v) is 5.49. The quantitative estimate of drug-likeness (QED) is 0.357. The Labute approximate surface area is 204 Å². The minimum atomic E-state index is -2.81. The van der Waals surface area contributed by atoms with Crippen LogP contribution >= 0.6 is 0 Å².